The van der Waals surface area contributed by atoms with Gasteiger partial charge in [-0.15, -0.1) is 0 Å². The molecule has 2 aromatic rings. The van der Waals surface area contributed by atoms with E-state index >= 15 is 0 Å². The summed E-state index contributed by atoms with van der Waals surface area (Å²) in [4.78, 5) is 12.1. The highest BCUT2D eigenvalue weighted by Gasteiger charge is 2.11. The van der Waals surface area contributed by atoms with Crippen LogP contribution in [0.15, 0.2) is 45.3 Å². The largest absolute Gasteiger partial charge is 0.322 e. The van der Waals surface area contributed by atoms with E-state index in [1.165, 1.54) is 0 Å². The molecular formula is C13H7Br2Cl2NO. The van der Waals surface area contributed by atoms with Crippen molar-refractivity contribution in [3.8, 4) is 0 Å². The molecule has 6 heteroatoms. The van der Waals surface area contributed by atoms with Crippen molar-refractivity contribution < 1.29 is 4.79 Å². The van der Waals surface area contributed by atoms with E-state index in [0.29, 0.717) is 25.8 Å². The Morgan fingerprint density at radius 1 is 1.00 bits per heavy atom. The standard InChI is InChI=1S/C13H7Br2Cl2NO/c14-7-1-2-11(12(15)3-7)13(19)18-10-5-8(16)4-9(17)6-10/h1-6H,(H,18,19). The Labute approximate surface area is 137 Å². The molecule has 0 heterocycles. The van der Waals surface area contributed by atoms with Crippen LogP contribution in [0.4, 0.5) is 5.69 Å². The zero-order chi connectivity index (χ0) is 14.0. The van der Waals surface area contributed by atoms with E-state index in [1.54, 1.807) is 36.4 Å². The van der Waals surface area contributed by atoms with Crippen LogP contribution >= 0.6 is 55.1 Å². The molecule has 0 aromatic heterocycles. The van der Waals surface area contributed by atoms with Crippen molar-refractivity contribution in [2.24, 2.45) is 0 Å². The molecule has 0 spiro atoms. The normalized spacial score (nSPS) is 10.3. The van der Waals surface area contributed by atoms with Gasteiger partial charge in [0.1, 0.15) is 0 Å². The van der Waals surface area contributed by atoms with Crippen LogP contribution in [0.2, 0.25) is 10.0 Å². The van der Waals surface area contributed by atoms with E-state index in [4.69, 9.17) is 23.2 Å². The first-order valence-corrected chi connectivity index (χ1v) is 7.52. The van der Waals surface area contributed by atoms with Crippen molar-refractivity contribution in [1.29, 1.82) is 0 Å². The van der Waals surface area contributed by atoms with Crippen molar-refractivity contribution in [2.45, 2.75) is 0 Å². The number of carbonyl (C=O) groups excluding carboxylic acids is 1. The molecule has 0 aliphatic carbocycles. The Hall–Kier alpha value is -0.550. The van der Waals surface area contributed by atoms with Gasteiger partial charge in [-0.2, -0.15) is 0 Å². The predicted molar refractivity (Wildman–Crippen MR) is 86.3 cm³/mol. The lowest BCUT2D eigenvalue weighted by Crippen LogP contribution is -2.12. The van der Waals surface area contributed by atoms with E-state index in [1.807, 2.05) is 0 Å². The molecule has 0 atom stereocenters. The number of hydrogen-bond acceptors (Lipinski definition) is 1. The van der Waals surface area contributed by atoms with Gasteiger partial charge in [-0.25, -0.2) is 0 Å². The molecule has 0 aliphatic rings. The molecule has 0 unspecified atom stereocenters. The van der Waals surface area contributed by atoms with Gasteiger partial charge < -0.3 is 5.32 Å². The fourth-order valence-corrected chi connectivity index (χ4v) is 3.25. The summed E-state index contributed by atoms with van der Waals surface area (Å²) in [5.41, 5.74) is 1.08. The third-order valence-electron chi connectivity index (χ3n) is 2.30. The zero-order valence-electron chi connectivity index (χ0n) is 9.38. The smallest absolute Gasteiger partial charge is 0.256 e. The van der Waals surface area contributed by atoms with Gasteiger partial charge in [-0.1, -0.05) is 39.1 Å². The number of rotatable bonds is 2. The van der Waals surface area contributed by atoms with Crippen LogP contribution in [0.25, 0.3) is 0 Å². The summed E-state index contributed by atoms with van der Waals surface area (Å²) in [5, 5.41) is 3.69. The topological polar surface area (TPSA) is 29.1 Å². The highest BCUT2D eigenvalue weighted by molar-refractivity contribution is 9.11. The van der Waals surface area contributed by atoms with Crippen molar-refractivity contribution in [3.05, 3.63) is 61.0 Å². The maximum absolute atomic E-state index is 12.1. The second-order valence-electron chi connectivity index (χ2n) is 3.74. The molecule has 2 rings (SSSR count). The van der Waals surface area contributed by atoms with Gasteiger partial charge in [-0.05, 0) is 52.3 Å². The van der Waals surface area contributed by atoms with Gasteiger partial charge in [0.05, 0.1) is 5.56 Å². The van der Waals surface area contributed by atoms with Gasteiger partial charge in [0, 0.05) is 24.7 Å². The summed E-state index contributed by atoms with van der Waals surface area (Å²) < 4.78 is 1.59. The molecular weight excluding hydrogens is 417 g/mol. The second-order valence-corrected chi connectivity index (χ2v) is 6.38. The molecule has 1 amide bonds. The van der Waals surface area contributed by atoms with Crippen LogP contribution in [0, 0.1) is 0 Å². The number of halogens is 4. The van der Waals surface area contributed by atoms with Gasteiger partial charge >= 0.3 is 0 Å². The SMILES string of the molecule is O=C(Nc1cc(Cl)cc(Cl)c1)c1ccc(Br)cc1Br. The average Bonchev–Trinajstić information content (AvgIpc) is 2.26. The minimum atomic E-state index is -0.238. The van der Waals surface area contributed by atoms with Crippen molar-refractivity contribution in [1.82, 2.24) is 0 Å². The number of carbonyl (C=O) groups is 1. The van der Waals surface area contributed by atoms with Crippen LogP contribution < -0.4 is 5.32 Å². The number of hydrogen-bond donors (Lipinski definition) is 1. The Bertz CT molecular complexity index is 626. The maximum Gasteiger partial charge on any atom is 0.256 e. The maximum atomic E-state index is 12.1. The first-order valence-electron chi connectivity index (χ1n) is 5.18. The minimum Gasteiger partial charge on any atom is -0.322 e. The molecule has 0 saturated carbocycles. The third-order valence-corrected chi connectivity index (χ3v) is 3.88. The lowest BCUT2D eigenvalue weighted by Gasteiger charge is -2.08. The first-order chi connectivity index (χ1) is 8.95. The van der Waals surface area contributed by atoms with Crippen molar-refractivity contribution >= 4 is 66.7 Å². The van der Waals surface area contributed by atoms with Crippen LogP contribution in [0.1, 0.15) is 10.4 Å². The monoisotopic (exact) mass is 421 g/mol. The molecule has 2 nitrogen and oxygen atoms in total. The third kappa shape index (κ3) is 3.96. The summed E-state index contributed by atoms with van der Waals surface area (Å²) in [5.74, 6) is -0.238. The summed E-state index contributed by atoms with van der Waals surface area (Å²) in [7, 11) is 0. The molecule has 98 valence electrons. The van der Waals surface area contributed by atoms with Gasteiger partial charge in [0.2, 0.25) is 0 Å². The van der Waals surface area contributed by atoms with Gasteiger partial charge in [-0.3, -0.25) is 4.79 Å². The Balaban J connectivity index is 2.25. The summed E-state index contributed by atoms with van der Waals surface area (Å²) >= 11 is 18.4. The minimum absolute atomic E-state index is 0.238. The van der Waals surface area contributed by atoms with E-state index in [9.17, 15) is 4.79 Å². The number of amides is 1. The fraction of sp³-hybridized carbons (Fsp3) is 0. The Morgan fingerprint density at radius 2 is 1.63 bits per heavy atom. The first kappa shape index (κ1) is 14.9. The summed E-state index contributed by atoms with van der Waals surface area (Å²) in [6.45, 7) is 0. The van der Waals surface area contributed by atoms with E-state index in [-0.39, 0.29) is 5.91 Å². The number of benzene rings is 2. The van der Waals surface area contributed by atoms with Gasteiger partial charge in [0.25, 0.3) is 5.91 Å². The van der Waals surface area contributed by atoms with Crippen LogP contribution in [-0.4, -0.2) is 5.91 Å². The zero-order valence-corrected chi connectivity index (χ0v) is 14.1. The predicted octanol–water partition coefficient (Wildman–Crippen LogP) is 5.77. The Morgan fingerprint density at radius 3 is 2.21 bits per heavy atom. The molecule has 0 saturated heterocycles. The Kier molecular flexibility index (Phi) is 4.90. The number of nitrogens with one attached hydrogen (secondary N) is 1. The molecule has 0 fully saturated rings. The summed E-state index contributed by atoms with van der Waals surface area (Å²) in [6.07, 6.45) is 0. The fourth-order valence-electron chi connectivity index (χ4n) is 1.50. The molecule has 0 radical (unpaired) electrons. The molecule has 2 aromatic carbocycles. The highest BCUT2D eigenvalue weighted by Crippen LogP contribution is 2.25. The lowest BCUT2D eigenvalue weighted by atomic mass is 10.2. The average molecular weight is 424 g/mol. The van der Waals surface area contributed by atoms with Crippen molar-refractivity contribution in [3.63, 3.8) is 0 Å². The van der Waals surface area contributed by atoms with Crippen LogP contribution in [0.5, 0.6) is 0 Å². The second kappa shape index (κ2) is 6.27. The quantitative estimate of drug-likeness (QED) is 0.652. The highest BCUT2D eigenvalue weighted by atomic mass is 79.9. The molecule has 0 bridgehead atoms. The summed E-state index contributed by atoms with van der Waals surface area (Å²) in [6, 6.07) is 10.2. The molecule has 19 heavy (non-hydrogen) atoms. The van der Waals surface area contributed by atoms with Gasteiger partial charge in [0.15, 0.2) is 0 Å². The van der Waals surface area contributed by atoms with Crippen molar-refractivity contribution in [2.75, 3.05) is 5.32 Å². The lowest BCUT2D eigenvalue weighted by molar-refractivity contribution is 0.102. The van der Waals surface area contributed by atoms with E-state index in [0.717, 1.165) is 4.47 Å². The molecule has 1 N–H and O–H groups in total. The van der Waals surface area contributed by atoms with Crippen LogP contribution in [0.3, 0.4) is 0 Å². The number of anilines is 1. The van der Waals surface area contributed by atoms with Crippen LogP contribution in [-0.2, 0) is 0 Å². The van der Waals surface area contributed by atoms with E-state index in [2.05, 4.69) is 37.2 Å². The van der Waals surface area contributed by atoms with E-state index < -0.39 is 0 Å². The molecule has 0 aliphatic heterocycles.